The largest absolute Gasteiger partial charge is 0.325 e. The molecule has 3 rings (SSSR count). The van der Waals surface area contributed by atoms with Gasteiger partial charge in [-0.3, -0.25) is 14.9 Å². The molecule has 1 heterocycles. The predicted molar refractivity (Wildman–Crippen MR) is 108 cm³/mol. The molecule has 1 N–H and O–H groups in total. The Kier molecular flexibility index (Phi) is 6.05. The van der Waals surface area contributed by atoms with E-state index < -0.39 is 10.2 Å². The smallest absolute Gasteiger partial charge is 0.269 e. The molecule has 0 aliphatic rings. The molecule has 8 nitrogen and oxygen atoms in total. The van der Waals surface area contributed by atoms with Gasteiger partial charge in [-0.1, -0.05) is 42.1 Å². The fraction of sp³-hybridized carbons (Fsp3) is 0.211. The third-order valence-corrected chi connectivity index (χ3v) is 5.14. The third kappa shape index (κ3) is 4.37. The van der Waals surface area contributed by atoms with Gasteiger partial charge in [-0.05, 0) is 26.0 Å². The molecule has 0 fully saturated rings. The van der Waals surface area contributed by atoms with Crippen molar-refractivity contribution in [2.75, 3.05) is 5.32 Å². The monoisotopic (exact) mass is 397 g/mol. The SMILES string of the molecule is CCn1c(SC(C)C(=O)Nc2ccc([N+](=O)[O-])cc2)nnc1-c1ccccc1. The minimum Gasteiger partial charge on any atom is -0.325 e. The lowest BCUT2D eigenvalue weighted by Crippen LogP contribution is -2.22. The summed E-state index contributed by atoms with van der Waals surface area (Å²) >= 11 is 1.31. The van der Waals surface area contributed by atoms with Crippen LogP contribution in [0.1, 0.15) is 13.8 Å². The number of hydrogen-bond donors (Lipinski definition) is 1. The van der Waals surface area contributed by atoms with Crippen molar-refractivity contribution in [2.24, 2.45) is 0 Å². The number of anilines is 1. The Labute approximate surface area is 166 Å². The van der Waals surface area contributed by atoms with E-state index in [1.54, 1.807) is 6.92 Å². The van der Waals surface area contributed by atoms with Gasteiger partial charge in [0.05, 0.1) is 10.2 Å². The van der Waals surface area contributed by atoms with Crippen molar-refractivity contribution in [3.63, 3.8) is 0 Å². The number of rotatable bonds is 7. The molecule has 2 aromatic carbocycles. The van der Waals surface area contributed by atoms with E-state index in [1.165, 1.54) is 36.0 Å². The Morgan fingerprint density at radius 2 is 1.86 bits per heavy atom. The highest BCUT2D eigenvalue weighted by Crippen LogP contribution is 2.27. The molecule has 0 aliphatic heterocycles. The molecular formula is C19H19N5O3S. The van der Waals surface area contributed by atoms with E-state index in [9.17, 15) is 14.9 Å². The maximum absolute atomic E-state index is 12.5. The Morgan fingerprint density at radius 3 is 2.46 bits per heavy atom. The summed E-state index contributed by atoms with van der Waals surface area (Å²) in [5.41, 5.74) is 1.45. The Bertz CT molecular complexity index is 973. The van der Waals surface area contributed by atoms with Crippen LogP contribution in [0.15, 0.2) is 59.8 Å². The minimum atomic E-state index is -0.480. The molecule has 0 radical (unpaired) electrons. The topological polar surface area (TPSA) is 103 Å². The van der Waals surface area contributed by atoms with Crippen molar-refractivity contribution in [1.29, 1.82) is 0 Å². The summed E-state index contributed by atoms with van der Waals surface area (Å²) in [4.78, 5) is 22.7. The second-order valence-corrected chi connectivity index (χ2v) is 7.28. The van der Waals surface area contributed by atoms with Crippen molar-refractivity contribution in [1.82, 2.24) is 14.8 Å². The summed E-state index contributed by atoms with van der Waals surface area (Å²) in [7, 11) is 0. The van der Waals surface area contributed by atoms with Gasteiger partial charge >= 0.3 is 0 Å². The number of amides is 1. The van der Waals surface area contributed by atoms with Gasteiger partial charge in [-0.25, -0.2) is 0 Å². The van der Waals surface area contributed by atoms with E-state index in [-0.39, 0.29) is 11.6 Å². The number of nitrogens with zero attached hydrogens (tertiary/aromatic N) is 4. The summed E-state index contributed by atoms with van der Waals surface area (Å²) in [6.45, 7) is 4.46. The number of nitro groups is 1. The maximum atomic E-state index is 12.5. The molecule has 3 aromatic rings. The summed E-state index contributed by atoms with van der Waals surface area (Å²) in [5, 5.41) is 22.2. The van der Waals surface area contributed by atoms with Crippen LogP contribution in [-0.4, -0.2) is 30.8 Å². The van der Waals surface area contributed by atoms with Gasteiger partial charge in [0.2, 0.25) is 5.91 Å². The molecule has 1 amide bonds. The van der Waals surface area contributed by atoms with Crippen molar-refractivity contribution >= 4 is 29.0 Å². The molecule has 1 atom stereocenters. The number of nitro benzene ring substituents is 1. The maximum Gasteiger partial charge on any atom is 0.269 e. The molecule has 144 valence electrons. The van der Waals surface area contributed by atoms with E-state index in [4.69, 9.17) is 0 Å². The van der Waals surface area contributed by atoms with Crippen molar-refractivity contribution in [2.45, 2.75) is 30.8 Å². The summed E-state index contributed by atoms with van der Waals surface area (Å²) in [5.74, 6) is 0.541. The van der Waals surface area contributed by atoms with Gasteiger partial charge in [0.15, 0.2) is 11.0 Å². The van der Waals surface area contributed by atoms with E-state index in [1.807, 2.05) is 41.8 Å². The predicted octanol–water partition coefficient (Wildman–Crippen LogP) is 3.99. The Hall–Kier alpha value is -3.20. The van der Waals surface area contributed by atoms with Crippen molar-refractivity contribution in [3.05, 3.63) is 64.7 Å². The van der Waals surface area contributed by atoms with Crippen LogP contribution < -0.4 is 5.32 Å². The zero-order valence-electron chi connectivity index (χ0n) is 15.4. The highest BCUT2D eigenvalue weighted by Gasteiger charge is 2.20. The number of carbonyl (C=O) groups is 1. The standard InChI is InChI=1S/C19H19N5O3S/c1-3-23-17(14-7-5-4-6-8-14)21-22-19(23)28-13(2)18(25)20-15-9-11-16(12-10-15)24(26)27/h4-13H,3H2,1-2H3,(H,20,25). The molecule has 0 bridgehead atoms. The van der Waals surface area contributed by atoms with Gasteiger partial charge in [-0.15, -0.1) is 10.2 Å². The average Bonchev–Trinajstić information content (AvgIpc) is 3.11. The minimum absolute atomic E-state index is 0.0232. The van der Waals surface area contributed by atoms with Crippen molar-refractivity contribution in [3.8, 4) is 11.4 Å². The first kappa shape index (κ1) is 19.6. The van der Waals surface area contributed by atoms with Crippen LogP contribution in [0, 0.1) is 10.1 Å². The summed E-state index contributed by atoms with van der Waals surface area (Å²) < 4.78 is 1.97. The van der Waals surface area contributed by atoms with E-state index in [0.717, 1.165) is 11.4 Å². The first-order valence-corrected chi connectivity index (χ1v) is 9.58. The Balaban J connectivity index is 1.70. The molecule has 0 spiro atoms. The number of non-ortho nitro benzene ring substituents is 1. The van der Waals surface area contributed by atoms with Crippen LogP contribution in [0.25, 0.3) is 11.4 Å². The number of hydrogen-bond acceptors (Lipinski definition) is 6. The first-order chi connectivity index (χ1) is 13.5. The fourth-order valence-corrected chi connectivity index (χ4v) is 3.50. The molecule has 28 heavy (non-hydrogen) atoms. The van der Waals surface area contributed by atoms with Crippen LogP contribution in [0.5, 0.6) is 0 Å². The normalized spacial score (nSPS) is 11.8. The lowest BCUT2D eigenvalue weighted by molar-refractivity contribution is -0.384. The van der Waals surface area contributed by atoms with Crippen LogP contribution >= 0.6 is 11.8 Å². The first-order valence-electron chi connectivity index (χ1n) is 8.70. The van der Waals surface area contributed by atoms with Crippen LogP contribution in [-0.2, 0) is 11.3 Å². The lowest BCUT2D eigenvalue weighted by Gasteiger charge is -2.12. The number of aromatic nitrogens is 3. The number of nitrogens with one attached hydrogen (secondary N) is 1. The average molecular weight is 397 g/mol. The highest BCUT2D eigenvalue weighted by molar-refractivity contribution is 8.00. The third-order valence-electron chi connectivity index (χ3n) is 4.06. The number of carbonyl (C=O) groups excluding carboxylic acids is 1. The van der Waals surface area contributed by atoms with Gasteiger partial charge < -0.3 is 9.88 Å². The van der Waals surface area contributed by atoms with Gasteiger partial charge in [-0.2, -0.15) is 0 Å². The van der Waals surface area contributed by atoms with Crippen LogP contribution in [0.4, 0.5) is 11.4 Å². The molecule has 1 aromatic heterocycles. The highest BCUT2D eigenvalue weighted by atomic mass is 32.2. The van der Waals surface area contributed by atoms with Gasteiger partial charge in [0, 0.05) is 29.9 Å². The lowest BCUT2D eigenvalue weighted by atomic mass is 10.2. The van der Waals surface area contributed by atoms with Crippen molar-refractivity contribution < 1.29 is 9.72 Å². The van der Waals surface area contributed by atoms with E-state index in [0.29, 0.717) is 17.4 Å². The molecule has 9 heteroatoms. The van der Waals surface area contributed by atoms with Gasteiger partial charge in [0.1, 0.15) is 0 Å². The molecule has 0 saturated carbocycles. The number of thioether (sulfide) groups is 1. The zero-order chi connectivity index (χ0) is 20.1. The van der Waals surface area contributed by atoms with E-state index in [2.05, 4.69) is 15.5 Å². The molecule has 0 saturated heterocycles. The van der Waals surface area contributed by atoms with E-state index >= 15 is 0 Å². The van der Waals surface area contributed by atoms with Crippen LogP contribution in [0.3, 0.4) is 0 Å². The fourth-order valence-electron chi connectivity index (χ4n) is 2.58. The zero-order valence-corrected chi connectivity index (χ0v) is 16.2. The summed E-state index contributed by atoms with van der Waals surface area (Å²) in [6.07, 6.45) is 0. The Morgan fingerprint density at radius 1 is 1.18 bits per heavy atom. The van der Waals surface area contributed by atoms with Gasteiger partial charge in [0.25, 0.3) is 5.69 Å². The molecular weight excluding hydrogens is 378 g/mol. The molecule has 1 unspecified atom stereocenters. The second kappa shape index (κ2) is 8.66. The quantitative estimate of drug-likeness (QED) is 0.367. The second-order valence-electron chi connectivity index (χ2n) is 5.97. The van der Waals surface area contributed by atoms with Crippen LogP contribution in [0.2, 0.25) is 0 Å². The number of benzene rings is 2. The summed E-state index contributed by atoms with van der Waals surface area (Å²) in [6, 6.07) is 15.5. The molecule has 0 aliphatic carbocycles.